The summed E-state index contributed by atoms with van der Waals surface area (Å²) in [4.78, 5) is 13.9. The number of nitrogens with zero attached hydrogens (tertiary/aromatic N) is 1. The highest BCUT2D eigenvalue weighted by atomic mass is 19.1. The molecule has 1 atom stereocenters. The highest BCUT2D eigenvalue weighted by Gasteiger charge is 2.33. The lowest BCUT2D eigenvalue weighted by molar-refractivity contribution is -0.117. The lowest BCUT2D eigenvalue weighted by Gasteiger charge is -2.18. The topological polar surface area (TPSA) is 52.6 Å². The van der Waals surface area contributed by atoms with Gasteiger partial charge in [-0.1, -0.05) is 24.3 Å². The van der Waals surface area contributed by atoms with Crippen LogP contribution < -0.4 is 10.2 Å². The van der Waals surface area contributed by atoms with Gasteiger partial charge in [-0.15, -0.1) is 0 Å². The first-order valence-electron chi connectivity index (χ1n) is 7.21. The summed E-state index contributed by atoms with van der Waals surface area (Å²) in [5.74, 6) is -0.529. The van der Waals surface area contributed by atoms with Crippen LogP contribution in [0, 0.1) is 5.82 Å². The fourth-order valence-corrected chi connectivity index (χ4v) is 2.68. The lowest BCUT2D eigenvalue weighted by atomic mass is 10.2. The van der Waals surface area contributed by atoms with Gasteiger partial charge in [0.1, 0.15) is 11.9 Å². The van der Waals surface area contributed by atoms with Crippen molar-refractivity contribution < 1.29 is 14.3 Å². The minimum Gasteiger partial charge on any atom is -0.392 e. The van der Waals surface area contributed by atoms with E-state index in [-0.39, 0.29) is 18.6 Å². The minimum absolute atomic E-state index is 0.0461. The van der Waals surface area contributed by atoms with Crippen molar-refractivity contribution in [1.82, 2.24) is 0 Å². The van der Waals surface area contributed by atoms with Crippen molar-refractivity contribution >= 4 is 17.3 Å². The number of aliphatic hydroxyl groups excluding tert-OH is 1. The summed E-state index contributed by atoms with van der Waals surface area (Å²) in [6, 6.07) is 13.2. The molecule has 2 aromatic rings. The molecule has 1 fully saturated rings. The number of para-hydroxylation sites is 1. The van der Waals surface area contributed by atoms with Gasteiger partial charge in [-0.3, -0.25) is 4.79 Å². The molecule has 0 unspecified atom stereocenters. The Morgan fingerprint density at radius 2 is 2.05 bits per heavy atom. The van der Waals surface area contributed by atoms with E-state index in [4.69, 9.17) is 5.11 Å². The molecule has 2 N–H and O–H groups in total. The van der Waals surface area contributed by atoms with Crippen molar-refractivity contribution in [3.8, 4) is 0 Å². The van der Waals surface area contributed by atoms with Crippen molar-refractivity contribution in [3.63, 3.8) is 0 Å². The number of hydrogen-bond donors (Lipinski definition) is 2. The molecule has 4 nitrogen and oxygen atoms in total. The van der Waals surface area contributed by atoms with Crippen molar-refractivity contribution in [1.29, 1.82) is 0 Å². The molecule has 1 amide bonds. The van der Waals surface area contributed by atoms with Gasteiger partial charge >= 0.3 is 0 Å². The largest absolute Gasteiger partial charge is 0.392 e. The van der Waals surface area contributed by atoms with E-state index in [0.717, 1.165) is 11.3 Å². The number of amides is 1. The third kappa shape index (κ3) is 2.80. The number of carbonyl (C=O) groups excluding carboxylic acids is 1. The number of nitrogens with one attached hydrogen (secondary N) is 1. The molecule has 3 rings (SSSR count). The molecule has 114 valence electrons. The van der Waals surface area contributed by atoms with E-state index < -0.39 is 5.82 Å². The van der Waals surface area contributed by atoms with E-state index in [9.17, 15) is 9.18 Å². The standard InChI is InChI=1S/C17H17FN2O2/c18-14-6-1-2-7-16(14)20-9-8-15(17(20)22)19-13-5-3-4-12(10-13)11-21/h1-7,10,15,19,21H,8-9,11H2/t15-/m1/s1. The van der Waals surface area contributed by atoms with Crippen LogP contribution in [0.15, 0.2) is 48.5 Å². The average molecular weight is 300 g/mol. The van der Waals surface area contributed by atoms with Crippen LogP contribution in [-0.4, -0.2) is 23.6 Å². The van der Waals surface area contributed by atoms with Crippen LogP contribution >= 0.6 is 0 Å². The number of halogens is 1. The van der Waals surface area contributed by atoms with E-state index in [0.29, 0.717) is 18.7 Å². The molecule has 0 aliphatic carbocycles. The van der Waals surface area contributed by atoms with E-state index in [1.54, 1.807) is 24.3 Å². The molecule has 1 aliphatic heterocycles. The Kier molecular flexibility index (Phi) is 4.06. The van der Waals surface area contributed by atoms with Crippen molar-refractivity contribution in [2.75, 3.05) is 16.8 Å². The third-order valence-corrected chi connectivity index (χ3v) is 3.80. The third-order valence-electron chi connectivity index (χ3n) is 3.80. The first kappa shape index (κ1) is 14.5. The van der Waals surface area contributed by atoms with Gasteiger partial charge in [0.05, 0.1) is 12.3 Å². The summed E-state index contributed by atoms with van der Waals surface area (Å²) in [7, 11) is 0. The fraction of sp³-hybridized carbons (Fsp3) is 0.235. The molecule has 0 aromatic heterocycles. The Morgan fingerprint density at radius 1 is 1.23 bits per heavy atom. The van der Waals surface area contributed by atoms with Crippen LogP contribution in [0.1, 0.15) is 12.0 Å². The maximum atomic E-state index is 13.8. The molecule has 22 heavy (non-hydrogen) atoms. The number of carbonyl (C=O) groups is 1. The molecule has 0 bridgehead atoms. The molecule has 0 saturated carbocycles. The quantitative estimate of drug-likeness (QED) is 0.912. The van der Waals surface area contributed by atoms with Crippen LogP contribution in [0.2, 0.25) is 0 Å². The monoisotopic (exact) mass is 300 g/mol. The Morgan fingerprint density at radius 3 is 2.82 bits per heavy atom. The Bertz CT molecular complexity index is 690. The molecule has 1 aliphatic rings. The smallest absolute Gasteiger partial charge is 0.249 e. The van der Waals surface area contributed by atoms with Gasteiger partial charge in [0, 0.05) is 12.2 Å². The summed E-state index contributed by atoms with van der Waals surface area (Å²) in [6.45, 7) is 0.437. The van der Waals surface area contributed by atoms with Crippen molar-refractivity contribution in [2.45, 2.75) is 19.1 Å². The van der Waals surface area contributed by atoms with Gasteiger partial charge in [-0.05, 0) is 36.2 Å². The molecule has 1 saturated heterocycles. The van der Waals surface area contributed by atoms with Gasteiger partial charge in [0.25, 0.3) is 0 Å². The number of hydrogen-bond acceptors (Lipinski definition) is 3. The second kappa shape index (κ2) is 6.15. The van der Waals surface area contributed by atoms with E-state index in [2.05, 4.69) is 5.32 Å². The van der Waals surface area contributed by atoms with Gasteiger partial charge in [0.15, 0.2) is 0 Å². The molecule has 0 radical (unpaired) electrons. The number of benzene rings is 2. The number of aliphatic hydroxyl groups is 1. The fourth-order valence-electron chi connectivity index (χ4n) is 2.68. The minimum atomic E-state index is -0.390. The van der Waals surface area contributed by atoms with Crippen LogP contribution in [0.4, 0.5) is 15.8 Å². The van der Waals surface area contributed by atoms with E-state index in [1.807, 2.05) is 18.2 Å². The highest BCUT2D eigenvalue weighted by Crippen LogP contribution is 2.26. The normalized spacial score (nSPS) is 17.8. The predicted molar refractivity (Wildman–Crippen MR) is 83.1 cm³/mol. The first-order valence-corrected chi connectivity index (χ1v) is 7.21. The number of rotatable bonds is 4. The summed E-state index contributed by atoms with van der Waals surface area (Å²) in [5, 5.41) is 12.3. The van der Waals surface area contributed by atoms with Gasteiger partial charge in [-0.2, -0.15) is 0 Å². The zero-order valence-electron chi connectivity index (χ0n) is 12.0. The summed E-state index contributed by atoms with van der Waals surface area (Å²) in [6.07, 6.45) is 0.608. The maximum absolute atomic E-state index is 13.8. The van der Waals surface area contributed by atoms with Crippen LogP contribution in [-0.2, 0) is 11.4 Å². The molecule has 2 aromatic carbocycles. The predicted octanol–water partition coefficient (Wildman–Crippen LogP) is 2.54. The van der Waals surface area contributed by atoms with Crippen molar-refractivity contribution in [3.05, 3.63) is 59.9 Å². The van der Waals surface area contributed by atoms with E-state index in [1.165, 1.54) is 11.0 Å². The SMILES string of the molecule is O=C1[C@H](Nc2cccc(CO)c2)CCN1c1ccccc1F. The van der Waals surface area contributed by atoms with Crippen LogP contribution in [0.5, 0.6) is 0 Å². The molecule has 1 heterocycles. The second-order valence-electron chi connectivity index (χ2n) is 5.29. The molecular formula is C17H17FN2O2. The van der Waals surface area contributed by atoms with Crippen LogP contribution in [0.25, 0.3) is 0 Å². The summed E-state index contributed by atoms with van der Waals surface area (Å²) in [5.41, 5.74) is 1.88. The van der Waals surface area contributed by atoms with E-state index >= 15 is 0 Å². The van der Waals surface area contributed by atoms with Crippen molar-refractivity contribution in [2.24, 2.45) is 0 Å². The molecule has 0 spiro atoms. The highest BCUT2D eigenvalue weighted by molar-refractivity contribution is 6.01. The zero-order valence-corrected chi connectivity index (χ0v) is 12.0. The summed E-state index contributed by atoms with van der Waals surface area (Å²) >= 11 is 0. The lowest BCUT2D eigenvalue weighted by Crippen LogP contribution is -2.33. The van der Waals surface area contributed by atoms with Crippen LogP contribution in [0.3, 0.4) is 0 Å². The number of anilines is 2. The molecule has 5 heteroatoms. The average Bonchev–Trinajstić information content (AvgIpc) is 2.89. The second-order valence-corrected chi connectivity index (χ2v) is 5.29. The maximum Gasteiger partial charge on any atom is 0.249 e. The summed E-state index contributed by atoms with van der Waals surface area (Å²) < 4.78 is 13.8. The van der Waals surface area contributed by atoms with Gasteiger partial charge in [-0.25, -0.2) is 4.39 Å². The zero-order chi connectivity index (χ0) is 15.5. The van der Waals surface area contributed by atoms with Gasteiger partial charge in [0.2, 0.25) is 5.91 Å². The Labute approximate surface area is 128 Å². The molecular weight excluding hydrogens is 283 g/mol. The Hall–Kier alpha value is -2.40. The Balaban J connectivity index is 1.75. The van der Waals surface area contributed by atoms with Gasteiger partial charge < -0.3 is 15.3 Å². The first-order chi connectivity index (χ1) is 10.7.